The Morgan fingerprint density at radius 2 is 1.58 bits per heavy atom. The van der Waals surface area contributed by atoms with Crippen LogP contribution in [0.4, 0.5) is 5.69 Å². The molecule has 2 aromatic rings. The van der Waals surface area contributed by atoms with Crippen LogP contribution in [-0.4, -0.2) is 38.5 Å². The van der Waals surface area contributed by atoms with Crippen molar-refractivity contribution >= 4 is 23.5 Å². The number of benzene rings is 2. The van der Waals surface area contributed by atoms with Crippen molar-refractivity contribution in [1.29, 1.82) is 0 Å². The minimum absolute atomic E-state index is 0.205. The van der Waals surface area contributed by atoms with Crippen LogP contribution in [0.1, 0.15) is 26.3 Å². The molecule has 0 heterocycles. The van der Waals surface area contributed by atoms with Crippen molar-refractivity contribution in [3.05, 3.63) is 59.2 Å². The molecule has 2 N–H and O–H groups in total. The van der Waals surface area contributed by atoms with E-state index in [-0.39, 0.29) is 12.5 Å². The third-order valence-electron chi connectivity index (χ3n) is 3.70. The molecule has 0 radical (unpaired) electrons. The lowest BCUT2D eigenvalue weighted by atomic mass is 10.1. The van der Waals surface area contributed by atoms with Gasteiger partial charge >= 0.3 is 5.97 Å². The fourth-order valence-electron chi connectivity index (χ4n) is 2.20. The number of hydrogen-bond acceptors (Lipinski definition) is 5. The highest BCUT2D eigenvalue weighted by Crippen LogP contribution is 2.20. The van der Waals surface area contributed by atoms with E-state index in [0.29, 0.717) is 22.6 Å². The first-order valence-corrected chi connectivity index (χ1v) is 7.85. The Labute approximate surface area is 151 Å². The SMILES string of the molecule is COC(=O)CNC(=O)c1ccc(NC(=O)c2ccc(C)c(OC)c2)cc1. The number of ether oxygens (including phenoxy) is 2. The van der Waals surface area contributed by atoms with Gasteiger partial charge in [-0.3, -0.25) is 14.4 Å². The van der Waals surface area contributed by atoms with E-state index in [9.17, 15) is 14.4 Å². The molecule has 0 saturated heterocycles. The Morgan fingerprint density at radius 3 is 2.19 bits per heavy atom. The number of amides is 2. The maximum atomic E-state index is 12.3. The molecular formula is C19H20N2O5. The van der Waals surface area contributed by atoms with Crippen LogP contribution in [0, 0.1) is 6.92 Å². The minimum atomic E-state index is -0.532. The van der Waals surface area contributed by atoms with E-state index in [1.807, 2.05) is 13.0 Å². The van der Waals surface area contributed by atoms with E-state index >= 15 is 0 Å². The molecule has 136 valence electrons. The molecule has 2 amide bonds. The number of nitrogens with one attached hydrogen (secondary N) is 2. The predicted octanol–water partition coefficient (Wildman–Crippen LogP) is 2.16. The van der Waals surface area contributed by atoms with Crippen LogP contribution >= 0.6 is 0 Å². The van der Waals surface area contributed by atoms with E-state index in [0.717, 1.165) is 5.56 Å². The summed E-state index contributed by atoms with van der Waals surface area (Å²) in [5, 5.41) is 5.19. The van der Waals surface area contributed by atoms with Crippen molar-refractivity contribution in [1.82, 2.24) is 5.32 Å². The Morgan fingerprint density at radius 1 is 0.923 bits per heavy atom. The first-order chi connectivity index (χ1) is 12.4. The molecule has 2 rings (SSSR count). The summed E-state index contributed by atoms with van der Waals surface area (Å²) >= 11 is 0. The normalized spacial score (nSPS) is 9.96. The molecule has 0 atom stereocenters. The summed E-state index contributed by atoms with van der Waals surface area (Å²) in [5.74, 6) is -0.589. The van der Waals surface area contributed by atoms with Crippen molar-refractivity contribution in [3.63, 3.8) is 0 Å². The number of hydrogen-bond donors (Lipinski definition) is 2. The van der Waals surface area contributed by atoms with Crippen LogP contribution in [0.3, 0.4) is 0 Å². The van der Waals surface area contributed by atoms with Crippen LogP contribution in [0.25, 0.3) is 0 Å². The molecule has 2 aromatic carbocycles. The number of carbonyl (C=O) groups excluding carboxylic acids is 3. The van der Waals surface area contributed by atoms with Gasteiger partial charge in [-0.05, 0) is 48.9 Å². The number of carbonyl (C=O) groups is 3. The summed E-state index contributed by atoms with van der Waals surface area (Å²) in [6.45, 7) is 1.69. The van der Waals surface area contributed by atoms with Gasteiger partial charge in [0.05, 0.1) is 14.2 Å². The van der Waals surface area contributed by atoms with Gasteiger partial charge in [0.15, 0.2) is 0 Å². The lowest BCUT2D eigenvalue weighted by Gasteiger charge is -2.09. The summed E-state index contributed by atoms with van der Waals surface area (Å²) in [6.07, 6.45) is 0. The monoisotopic (exact) mass is 356 g/mol. The van der Waals surface area contributed by atoms with Crippen molar-refractivity contribution in [2.75, 3.05) is 26.1 Å². The predicted molar refractivity (Wildman–Crippen MR) is 96.5 cm³/mol. The fraction of sp³-hybridized carbons (Fsp3) is 0.211. The van der Waals surface area contributed by atoms with Gasteiger partial charge in [0.25, 0.3) is 11.8 Å². The second-order valence-electron chi connectivity index (χ2n) is 5.47. The summed E-state index contributed by atoms with van der Waals surface area (Å²) in [5.41, 5.74) is 2.31. The van der Waals surface area contributed by atoms with Gasteiger partial charge in [0.1, 0.15) is 12.3 Å². The second-order valence-corrected chi connectivity index (χ2v) is 5.47. The number of anilines is 1. The molecule has 0 aliphatic rings. The highest BCUT2D eigenvalue weighted by molar-refractivity contribution is 6.05. The number of rotatable bonds is 6. The second kappa shape index (κ2) is 8.66. The summed E-state index contributed by atoms with van der Waals surface area (Å²) in [6, 6.07) is 11.5. The molecule has 0 aromatic heterocycles. The van der Waals surface area contributed by atoms with Gasteiger partial charge in [0, 0.05) is 16.8 Å². The summed E-state index contributed by atoms with van der Waals surface area (Å²) in [4.78, 5) is 35.3. The zero-order chi connectivity index (χ0) is 19.1. The minimum Gasteiger partial charge on any atom is -0.496 e. The molecular weight excluding hydrogens is 336 g/mol. The van der Waals surface area contributed by atoms with E-state index in [4.69, 9.17) is 4.74 Å². The highest BCUT2D eigenvalue weighted by atomic mass is 16.5. The van der Waals surface area contributed by atoms with Gasteiger partial charge < -0.3 is 20.1 Å². The van der Waals surface area contributed by atoms with Gasteiger partial charge in [-0.15, -0.1) is 0 Å². The molecule has 0 aliphatic heterocycles. The molecule has 26 heavy (non-hydrogen) atoms. The van der Waals surface area contributed by atoms with Crippen LogP contribution in [-0.2, 0) is 9.53 Å². The molecule has 0 fully saturated rings. The van der Waals surface area contributed by atoms with Gasteiger partial charge in [-0.25, -0.2) is 0 Å². The molecule has 0 bridgehead atoms. The highest BCUT2D eigenvalue weighted by Gasteiger charge is 2.11. The van der Waals surface area contributed by atoms with E-state index in [2.05, 4.69) is 15.4 Å². The maximum Gasteiger partial charge on any atom is 0.325 e. The number of aryl methyl sites for hydroxylation is 1. The Balaban J connectivity index is 2.01. The standard InChI is InChI=1S/C19H20N2O5/c1-12-4-5-14(10-16(12)25-2)19(24)21-15-8-6-13(7-9-15)18(23)20-11-17(22)26-3/h4-10H,11H2,1-3H3,(H,20,23)(H,21,24). The average molecular weight is 356 g/mol. The van der Waals surface area contributed by atoms with Crippen LogP contribution < -0.4 is 15.4 Å². The largest absolute Gasteiger partial charge is 0.496 e. The number of esters is 1. The molecule has 7 nitrogen and oxygen atoms in total. The quantitative estimate of drug-likeness (QED) is 0.774. The lowest BCUT2D eigenvalue weighted by Crippen LogP contribution is -2.30. The zero-order valence-corrected chi connectivity index (χ0v) is 14.8. The zero-order valence-electron chi connectivity index (χ0n) is 14.8. The van der Waals surface area contributed by atoms with Crippen LogP contribution in [0.5, 0.6) is 5.75 Å². The summed E-state index contributed by atoms with van der Waals surface area (Å²) in [7, 11) is 2.80. The van der Waals surface area contributed by atoms with Crippen molar-refractivity contribution in [2.45, 2.75) is 6.92 Å². The topological polar surface area (TPSA) is 93.7 Å². The van der Waals surface area contributed by atoms with Crippen LogP contribution in [0.15, 0.2) is 42.5 Å². The van der Waals surface area contributed by atoms with Crippen molar-refractivity contribution in [2.24, 2.45) is 0 Å². The first kappa shape index (κ1) is 19.0. The Hall–Kier alpha value is -3.35. The van der Waals surface area contributed by atoms with Gasteiger partial charge in [-0.1, -0.05) is 6.07 Å². The van der Waals surface area contributed by atoms with Gasteiger partial charge in [0.2, 0.25) is 0 Å². The Kier molecular flexibility index (Phi) is 6.32. The number of methoxy groups -OCH3 is 2. The molecule has 7 heteroatoms. The third kappa shape index (κ3) is 4.83. The molecule has 0 spiro atoms. The fourth-order valence-corrected chi connectivity index (χ4v) is 2.20. The van der Waals surface area contributed by atoms with Crippen molar-refractivity contribution in [3.8, 4) is 5.75 Å². The average Bonchev–Trinajstić information content (AvgIpc) is 2.66. The molecule has 0 aliphatic carbocycles. The first-order valence-electron chi connectivity index (χ1n) is 7.85. The Bertz CT molecular complexity index is 815. The molecule has 0 unspecified atom stereocenters. The third-order valence-corrected chi connectivity index (χ3v) is 3.70. The maximum absolute atomic E-state index is 12.3. The molecule has 0 saturated carbocycles. The summed E-state index contributed by atoms with van der Waals surface area (Å²) < 4.78 is 9.67. The lowest BCUT2D eigenvalue weighted by molar-refractivity contribution is -0.139. The van der Waals surface area contributed by atoms with Crippen molar-refractivity contribution < 1.29 is 23.9 Å². The smallest absolute Gasteiger partial charge is 0.325 e. The van der Waals surface area contributed by atoms with Gasteiger partial charge in [-0.2, -0.15) is 0 Å². The van der Waals surface area contributed by atoms with E-state index in [1.54, 1.807) is 43.5 Å². The van der Waals surface area contributed by atoms with Crippen LogP contribution in [0.2, 0.25) is 0 Å². The van der Waals surface area contributed by atoms with E-state index in [1.165, 1.54) is 7.11 Å². The van der Waals surface area contributed by atoms with E-state index < -0.39 is 11.9 Å².